The normalized spacial score (nSPS) is 20.5. The molecule has 22 heavy (non-hydrogen) atoms. The van der Waals surface area contributed by atoms with Gasteiger partial charge in [-0.1, -0.05) is 12.7 Å². The molecule has 8 heteroatoms. The molecule has 0 fully saturated rings. The lowest BCUT2D eigenvalue weighted by atomic mass is 10.2. The van der Waals surface area contributed by atoms with Crippen molar-refractivity contribution in [3.8, 4) is 0 Å². The molecule has 126 valence electrons. The number of aliphatic hydroxyl groups excluding tert-OH is 3. The molecule has 3 unspecified atom stereocenters. The Morgan fingerprint density at radius 2 is 2.09 bits per heavy atom. The first-order valence-electron chi connectivity index (χ1n) is 6.91. The third-order valence-electron chi connectivity index (χ3n) is 2.73. The molecule has 1 rings (SSSR count). The van der Waals surface area contributed by atoms with Gasteiger partial charge in [0.05, 0.1) is 13.2 Å². The van der Waals surface area contributed by atoms with Crippen LogP contribution >= 0.6 is 0 Å². The first kappa shape index (κ1) is 18.4. The molecule has 0 spiro atoms. The van der Waals surface area contributed by atoms with Crippen molar-refractivity contribution in [2.24, 2.45) is 0 Å². The molecule has 0 aromatic rings. The Hall–Kier alpha value is -1.61. The second-order valence-corrected chi connectivity index (χ2v) is 4.49. The molecule has 0 radical (unpaired) electrons. The van der Waals surface area contributed by atoms with Gasteiger partial charge < -0.3 is 34.3 Å². The summed E-state index contributed by atoms with van der Waals surface area (Å²) in [5.74, 6) is -1.08. The van der Waals surface area contributed by atoms with Crippen molar-refractivity contribution in [1.29, 1.82) is 0 Å². The van der Waals surface area contributed by atoms with E-state index in [0.717, 1.165) is 0 Å². The molecule has 0 bridgehead atoms. The maximum absolute atomic E-state index is 11.7. The molecular weight excluding hydrogens is 296 g/mol. The monoisotopic (exact) mass is 318 g/mol. The minimum atomic E-state index is -1.35. The summed E-state index contributed by atoms with van der Waals surface area (Å²) in [7, 11) is 0. The van der Waals surface area contributed by atoms with Gasteiger partial charge >= 0.3 is 5.97 Å². The van der Waals surface area contributed by atoms with Gasteiger partial charge in [0.2, 0.25) is 5.76 Å². The number of aliphatic hydroxyl groups is 3. The standard InChI is InChI=1S/C14H22O8/c1-3-5-20-13-12(21-8-9(16)7-19-4-2)11(10(17)6-15)22-14(13)18/h3,9-11,15-17H,1,4-8H2,2H3. The zero-order chi connectivity index (χ0) is 16.5. The maximum Gasteiger partial charge on any atom is 0.378 e. The smallest absolute Gasteiger partial charge is 0.378 e. The van der Waals surface area contributed by atoms with Crippen LogP contribution < -0.4 is 0 Å². The van der Waals surface area contributed by atoms with Gasteiger partial charge in [0, 0.05) is 6.61 Å². The minimum absolute atomic E-state index is 0.0424. The Kier molecular flexibility index (Phi) is 7.89. The van der Waals surface area contributed by atoms with Gasteiger partial charge in [0.25, 0.3) is 0 Å². The fourth-order valence-electron chi connectivity index (χ4n) is 1.71. The fourth-order valence-corrected chi connectivity index (χ4v) is 1.71. The summed E-state index contributed by atoms with van der Waals surface area (Å²) >= 11 is 0. The molecule has 0 amide bonds. The molecule has 1 aliphatic heterocycles. The van der Waals surface area contributed by atoms with Crippen molar-refractivity contribution in [2.45, 2.75) is 25.2 Å². The predicted molar refractivity (Wildman–Crippen MR) is 74.6 cm³/mol. The average Bonchev–Trinajstić information content (AvgIpc) is 2.83. The number of ether oxygens (including phenoxy) is 4. The van der Waals surface area contributed by atoms with E-state index < -0.39 is 30.9 Å². The molecule has 0 aromatic heterocycles. The highest BCUT2D eigenvalue weighted by Crippen LogP contribution is 2.27. The van der Waals surface area contributed by atoms with Crippen LogP contribution in [0.5, 0.6) is 0 Å². The maximum atomic E-state index is 11.7. The molecular formula is C14H22O8. The van der Waals surface area contributed by atoms with Crippen LogP contribution in [0.2, 0.25) is 0 Å². The SMILES string of the molecule is C=CCOC1=C(OCC(O)COCC)C(C(O)CO)OC1=O. The largest absolute Gasteiger partial charge is 0.487 e. The van der Waals surface area contributed by atoms with E-state index in [9.17, 15) is 15.0 Å². The lowest BCUT2D eigenvalue weighted by molar-refractivity contribution is -0.148. The van der Waals surface area contributed by atoms with E-state index >= 15 is 0 Å². The van der Waals surface area contributed by atoms with Crippen LogP contribution in [0.4, 0.5) is 0 Å². The lowest BCUT2D eigenvalue weighted by Crippen LogP contribution is -2.33. The second kappa shape index (κ2) is 9.42. The highest BCUT2D eigenvalue weighted by Gasteiger charge is 2.42. The van der Waals surface area contributed by atoms with E-state index in [0.29, 0.717) is 6.61 Å². The highest BCUT2D eigenvalue weighted by atomic mass is 16.6. The number of esters is 1. The van der Waals surface area contributed by atoms with Gasteiger partial charge in [-0.15, -0.1) is 0 Å². The van der Waals surface area contributed by atoms with Crippen LogP contribution in [0.15, 0.2) is 24.2 Å². The summed E-state index contributed by atoms with van der Waals surface area (Å²) in [4.78, 5) is 11.7. The first-order valence-corrected chi connectivity index (χ1v) is 6.91. The number of hydrogen-bond acceptors (Lipinski definition) is 8. The zero-order valence-corrected chi connectivity index (χ0v) is 12.4. The molecule has 3 N–H and O–H groups in total. The number of cyclic esters (lactones) is 1. The molecule has 8 nitrogen and oxygen atoms in total. The fraction of sp³-hybridized carbons (Fsp3) is 0.643. The van der Waals surface area contributed by atoms with Crippen LogP contribution in [0.1, 0.15) is 6.92 Å². The Labute approximate surface area is 128 Å². The lowest BCUT2D eigenvalue weighted by Gasteiger charge is -2.20. The summed E-state index contributed by atoms with van der Waals surface area (Å²) < 4.78 is 20.5. The van der Waals surface area contributed by atoms with Gasteiger partial charge in [-0.3, -0.25) is 0 Å². The Morgan fingerprint density at radius 1 is 1.36 bits per heavy atom. The van der Waals surface area contributed by atoms with Crippen LogP contribution in [0.25, 0.3) is 0 Å². The average molecular weight is 318 g/mol. The van der Waals surface area contributed by atoms with Crippen molar-refractivity contribution in [3.05, 3.63) is 24.2 Å². The zero-order valence-electron chi connectivity index (χ0n) is 12.4. The van der Waals surface area contributed by atoms with Crippen LogP contribution in [-0.4, -0.2) is 72.6 Å². The van der Waals surface area contributed by atoms with Gasteiger partial charge in [-0.25, -0.2) is 4.79 Å². The Morgan fingerprint density at radius 3 is 2.68 bits per heavy atom. The minimum Gasteiger partial charge on any atom is -0.487 e. The van der Waals surface area contributed by atoms with Gasteiger partial charge in [0.1, 0.15) is 25.4 Å². The van der Waals surface area contributed by atoms with E-state index in [1.54, 1.807) is 6.92 Å². The van der Waals surface area contributed by atoms with E-state index in [2.05, 4.69) is 6.58 Å². The van der Waals surface area contributed by atoms with E-state index in [1.807, 2.05) is 0 Å². The van der Waals surface area contributed by atoms with Crippen molar-refractivity contribution < 1.29 is 39.1 Å². The highest BCUT2D eigenvalue weighted by molar-refractivity contribution is 5.89. The topological polar surface area (TPSA) is 115 Å². The molecule has 0 aliphatic carbocycles. The van der Waals surface area contributed by atoms with E-state index in [1.165, 1.54) is 6.08 Å². The summed E-state index contributed by atoms with van der Waals surface area (Å²) in [6.45, 7) is 5.00. The van der Waals surface area contributed by atoms with Crippen LogP contribution in [-0.2, 0) is 23.7 Å². The van der Waals surface area contributed by atoms with Crippen LogP contribution in [0.3, 0.4) is 0 Å². The van der Waals surface area contributed by atoms with Crippen molar-refractivity contribution in [1.82, 2.24) is 0 Å². The number of carbonyl (C=O) groups excluding carboxylic acids is 1. The van der Waals surface area contributed by atoms with Crippen LogP contribution in [0, 0.1) is 0 Å². The van der Waals surface area contributed by atoms with E-state index in [4.69, 9.17) is 24.1 Å². The Balaban J connectivity index is 2.79. The third kappa shape index (κ3) is 4.99. The predicted octanol–water partition coefficient (Wildman–Crippen LogP) is -0.907. The van der Waals surface area contributed by atoms with Crippen molar-refractivity contribution >= 4 is 5.97 Å². The van der Waals surface area contributed by atoms with E-state index in [-0.39, 0.29) is 31.3 Å². The quantitative estimate of drug-likeness (QED) is 0.331. The number of hydrogen-bond donors (Lipinski definition) is 3. The Bertz CT molecular complexity index is 406. The summed E-state index contributed by atoms with van der Waals surface area (Å²) in [5.41, 5.74) is 0. The second-order valence-electron chi connectivity index (χ2n) is 4.49. The summed E-state index contributed by atoms with van der Waals surface area (Å²) in [6.07, 6.45) is -2.03. The van der Waals surface area contributed by atoms with Gasteiger partial charge in [-0.2, -0.15) is 0 Å². The molecule has 3 atom stereocenters. The molecule has 0 aromatic carbocycles. The molecule has 0 saturated carbocycles. The number of carbonyl (C=O) groups is 1. The number of rotatable bonds is 11. The van der Waals surface area contributed by atoms with Crippen molar-refractivity contribution in [2.75, 3.05) is 33.0 Å². The summed E-state index contributed by atoms with van der Waals surface area (Å²) in [5, 5.41) is 28.4. The van der Waals surface area contributed by atoms with Gasteiger partial charge in [-0.05, 0) is 6.92 Å². The van der Waals surface area contributed by atoms with Gasteiger partial charge in [0.15, 0.2) is 11.9 Å². The molecule has 1 heterocycles. The summed E-state index contributed by atoms with van der Waals surface area (Å²) in [6, 6.07) is 0. The first-order chi connectivity index (χ1) is 10.5. The van der Waals surface area contributed by atoms with Crippen molar-refractivity contribution in [3.63, 3.8) is 0 Å². The molecule has 1 aliphatic rings. The molecule has 0 saturated heterocycles. The third-order valence-corrected chi connectivity index (χ3v) is 2.73.